The lowest BCUT2D eigenvalue weighted by molar-refractivity contribution is 0.112. The highest BCUT2D eigenvalue weighted by Gasteiger charge is 2.14. The van der Waals surface area contributed by atoms with E-state index in [0.717, 1.165) is 22.8 Å². The monoisotopic (exact) mass is 291 g/mol. The van der Waals surface area contributed by atoms with Crippen molar-refractivity contribution in [2.24, 2.45) is 0 Å². The molecule has 0 radical (unpaired) electrons. The number of thiazole rings is 1. The summed E-state index contributed by atoms with van der Waals surface area (Å²) in [6, 6.07) is 5.93. The molecule has 0 N–H and O–H groups in total. The second-order valence-electron chi connectivity index (χ2n) is 4.48. The molecule has 2 heterocycles. The Bertz CT molecular complexity index is 598. The number of hydrogen-bond acceptors (Lipinski definition) is 6. The van der Waals surface area contributed by atoms with E-state index < -0.39 is 0 Å². The van der Waals surface area contributed by atoms with Gasteiger partial charge in [-0.1, -0.05) is 17.4 Å². The molecule has 2 aromatic rings. The number of carbonyl (C=O) groups is 1. The number of pyridine rings is 1. The summed E-state index contributed by atoms with van der Waals surface area (Å²) in [6.45, 7) is 2.97. The molecular weight excluding hydrogens is 274 g/mol. The molecular formula is C14H17N3O2S. The quantitative estimate of drug-likeness (QED) is 0.765. The number of nitrogens with zero attached hydrogens (tertiary/aromatic N) is 3. The Labute approximate surface area is 122 Å². The fourth-order valence-corrected chi connectivity index (χ4v) is 2.69. The van der Waals surface area contributed by atoms with Crippen molar-refractivity contribution in [2.45, 2.75) is 20.1 Å². The van der Waals surface area contributed by atoms with E-state index in [4.69, 9.17) is 4.74 Å². The zero-order valence-electron chi connectivity index (χ0n) is 11.8. The van der Waals surface area contributed by atoms with Crippen molar-refractivity contribution in [3.63, 3.8) is 0 Å². The van der Waals surface area contributed by atoms with Gasteiger partial charge in [-0.25, -0.2) is 4.98 Å². The standard InChI is InChI=1S/C14H17N3O2S/c1-10-5-4-6-11(15-10)7-17(2)14-16-12(9-19-3)13(8-18)20-14/h4-6,8H,7,9H2,1-3H3. The first-order chi connectivity index (χ1) is 9.63. The van der Waals surface area contributed by atoms with E-state index in [1.165, 1.54) is 11.3 Å². The van der Waals surface area contributed by atoms with Crippen molar-refractivity contribution < 1.29 is 9.53 Å². The molecule has 0 amide bonds. The molecule has 2 rings (SSSR count). The van der Waals surface area contributed by atoms with Crippen LogP contribution in [-0.2, 0) is 17.9 Å². The Morgan fingerprint density at radius 3 is 2.85 bits per heavy atom. The third-order valence-electron chi connectivity index (χ3n) is 2.78. The van der Waals surface area contributed by atoms with Crippen LogP contribution >= 0.6 is 11.3 Å². The lowest BCUT2D eigenvalue weighted by Crippen LogP contribution is -2.17. The van der Waals surface area contributed by atoms with Gasteiger partial charge in [-0.05, 0) is 19.1 Å². The maximum absolute atomic E-state index is 11.0. The molecule has 0 unspecified atom stereocenters. The summed E-state index contributed by atoms with van der Waals surface area (Å²) < 4.78 is 5.05. The minimum Gasteiger partial charge on any atom is -0.378 e. The highest BCUT2D eigenvalue weighted by atomic mass is 32.1. The van der Waals surface area contributed by atoms with Crippen molar-refractivity contribution in [1.29, 1.82) is 0 Å². The molecule has 0 aliphatic rings. The van der Waals surface area contributed by atoms with E-state index in [1.54, 1.807) is 7.11 Å². The van der Waals surface area contributed by atoms with Gasteiger partial charge in [0.2, 0.25) is 0 Å². The number of rotatable bonds is 6. The number of ether oxygens (including phenoxy) is 1. The molecule has 0 bridgehead atoms. The molecule has 0 fully saturated rings. The Morgan fingerprint density at radius 2 is 2.20 bits per heavy atom. The number of methoxy groups -OCH3 is 1. The molecule has 20 heavy (non-hydrogen) atoms. The fourth-order valence-electron chi connectivity index (χ4n) is 1.84. The maximum Gasteiger partial charge on any atom is 0.186 e. The van der Waals surface area contributed by atoms with Gasteiger partial charge in [0.15, 0.2) is 11.4 Å². The van der Waals surface area contributed by atoms with Crippen LogP contribution in [0.25, 0.3) is 0 Å². The third kappa shape index (κ3) is 3.40. The minimum absolute atomic E-state index is 0.348. The first-order valence-electron chi connectivity index (χ1n) is 6.21. The molecule has 0 atom stereocenters. The van der Waals surface area contributed by atoms with Crippen LogP contribution in [0.2, 0.25) is 0 Å². The number of hydrogen-bond donors (Lipinski definition) is 0. The van der Waals surface area contributed by atoms with Crippen molar-refractivity contribution in [2.75, 3.05) is 19.1 Å². The van der Waals surface area contributed by atoms with Gasteiger partial charge in [0.1, 0.15) is 0 Å². The van der Waals surface area contributed by atoms with Gasteiger partial charge in [-0.3, -0.25) is 9.78 Å². The molecule has 6 heteroatoms. The molecule has 2 aromatic heterocycles. The summed E-state index contributed by atoms with van der Waals surface area (Å²) in [5.74, 6) is 0. The van der Waals surface area contributed by atoms with Crippen molar-refractivity contribution >= 4 is 22.8 Å². The average Bonchev–Trinajstić information content (AvgIpc) is 2.82. The molecule has 106 valence electrons. The molecule has 0 aliphatic carbocycles. The van der Waals surface area contributed by atoms with Gasteiger partial charge < -0.3 is 9.64 Å². The molecule has 0 aliphatic heterocycles. The van der Waals surface area contributed by atoms with Crippen LogP contribution in [0.1, 0.15) is 26.8 Å². The van der Waals surface area contributed by atoms with E-state index in [1.807, 2.05) is 37.1 Å². The van der Waals surface area contributed by atoms with Gasteiger partial charge >= 0.3 is 0 Å². The van der Waals surface area contributed by atoms with Gasteiger partial charge in [-0.15, -0.1) is 0 Å². The van der Waals surface area contributed by atoms with Crippen molar-refractivity contribution in [1.82, 2.24) is 9.97 Å². The van der Waals surface area contributed by atoms with E-state index >= 15 is 0 Å². The molecule has 0 aromatic carbocycles. The Hall–Kier alpha value is -1.79. The van der Waals surface area contributed by atoms with Crippen LogP contribution in [-0.4, -0.2) is 30.4 Å². The smallest absolute Gasteiger partial charge is 0.186 e. The first kappa shape index (κ1) is 14.6. The number of carbonyl (C=O) groups excluding carboxylic acids is 1. The number of aldehydes is 1. The normalized spacial score (nSPS) is 10.6. The number of anilines is 1. The summed E-state index contributed by atoms with van der Waals surface area (Å²) in [5.41, 5.74) is 2.65. The first-order valence-corrected chi connectivity index (χ1v) is 7.03. The summed E-state index contributed by atoms with van der Waals surface area (Å²) in [7, 11) is 3.53. The summed E-state index contributed by atoms with van der Waals surface area (Å²) >= 11 is 1.37. The lowest BCUT2D eigenvalue weighted by Gasteiger charge is -2.15. The van der Waals surface area contributed by atoms with E-state index in [0.29, 0.717) is 23.7 Å². The molecule has 5 nitrogen and oxygen atoms in total. The van der Waals surface area contributed by atoms with Crippen LogP contribution in [0.5, 0.6) is 0 Å². The highest BCUT2D eigenvalue weighted by Crippen LogP contribution is 2.25. The van der Waals surface area contributed by atoms with Crippen LogP contribution in [0.3, 0.4) is 0 Å². The van der Waals surface area contributed by atoms with Crippen molar-refractivity contribution in [3.8, 4) is 0 Å². The second-order valence-corrected chi connectivity index (χ2v) is 5.49. The molecule has 0 saturated heterocycles. The van der Waals surface area contributed by atoms with Crippen LogP contribution in [0.4, 0.5) is 5.13 Å². The largest absolute Gasteiger partial charge is 0.378 e. The van der Waals surface area contributed by atoms with E-state index in [-0.39, 0.29) is 0 Å². The molecule has 0 saturated carbocycles. The zero-order valence-corrected chi connectivity index (χ0v) is 12.6. The van der Waals surface area contributed by atoms with Crippen LogP contribution in [0.15, 0.2) is 18.2 Å². The molecule has 0 spiro atoms. The summed E-state index contributed by atoms with van der Waals surface area (Å²) in [5, 5.41) is 0.794. The van der Waals surface area contributed by atoms with Gasteiger partial charge in [0.25, 0.3) is 0 Å². The Morgan fingerprint density at radius 1 is 1.40 bits per heavy atom. The predicted molar refractivity (Wildman–Crippen MR) is 79.3 cm³/mol. The van der Waals surface area contributed by atoms with Gasteiger partial charge in [0.05, 0.1) is 29.4 Å². The maximum atomic E-state index is 11.0. The third-order valence-corrected chi connectivity index (χ3v) is 3.91. The zero-order chi connectivity index (χ0) is 14.5. The minimum atomic E-state index is 0.348. The van der Waals surface area contributed by atoms with Crippen LogP contribution < -0.4 is 4.90 Å². The average molecular weight is 291 g/mol. The highest BCUT2D eigenvalue weighted by molar-refractivity contribution is 7.17. The predicted octanol–water partition coefficient (Wildman–Crippen LogP) is 2.44. The summed E-state index contributed by atoms with van der Waals surface area (Å²) in [6.07, 6.45) is 0.828. The van der Waals surface area contributed by atoms with Gasteiger partial charge in [0, 0.05) is 19.9 Å². The van der Waals surface area contributed by atoms with Crippen molar-refractivity contribution in [3.05, 3.63) is 40.2 Å². The van der Waals surface area contributed by atoms with E-state index in [9.17, 15) is 4.79 Å². The fraction of sp³-hybridized carbons (Fsp3) is 0.357. The van der Waals surface area contributed by atoms with E-state index in [2.05, 4.69) is 9.97 Å². The lowest BCUT2D eigenvalue weighted by atomic mass is 10.3. The van der Waals surface area contributed by atoms with Crippen LogP contribution in [0, 0.1) is 6.92 Å². The summed E-state index contributed by atoms with van der Waals surface area (Å²) in [4.78, 5) is 22.5. The second kappa shape index (κ2) is 6.58. The van der Waals surface area contributed by atoms with Gasteiger partial charge in [-0.2, -0.15) is 0 Å². The topological polar surface area (TPSA) is 55.3 Å². The number of aryl methyl sites for hydroxylation is 1. The Kier molecular flexibility index (Phi) is 4.81. The number of aromatic nitrogens is 2. The Balaban J connectivity index is 2.16. The SMILES string of the molecule is COCc1nc(N(C)Cc2cccc(C)n2)sc1C=O.